The summed E-state index contributed by atoms with van der Waals surface area (Å²) in [4.78, 5) is 18.3. The molecule has 2 heterocycles. The molecule has 22 heavy (non-hydrogen) atoms. The SMILES string of the molecule is CCN1CCCc2[nH]c3c(C(=O)NCCCN)cccc3c21. The van der Waals surface area contributed by atoms with E-state index in [2.05, 4.69) is 28.2 Å². The van der Waals surface area contributed by atoms with Gasteiger partial charge in [0.2, 0.25) is 0 Å². The third-order valence-corrected chi connectivity index (χ3v) is 4.35. The average molecular weight is 300 g/mol. The number of anilines is 1. The lowest BCUT2D eigenvalue weighted by molar-refractivity contribution is 0.0955. The Kier molecular flexibility index (Phi) is 4.34. The first-order valence-corrected chi connectivity index (χ1v) is 8.13. The summed E-state index contributed by atoms with van der Waals surface area (Å²) in [5.74, 6) is -0.0271. The molecule has 0 spiro atoms. The number of benzene rings is 1. The van der Waals surface area contributed by atoms with Gasteiger partial charge >= 0.3 is 0 Å². The van der Waals surface area contributed by atoms with Gasteiger partial charge in [-0.2, -0.15) is 0 Å². The van der Waals surface area contributed by atoms with Crippen LogP contribution in [0.5, 0.6) is 0 Å². The lowest BCUT2D eigenvalue weighted by Crippen LogP contribution is -2.28. The molecule has 3 rings (SSSR count). The van der Waals surface area contributed by atoms with E-state index in [4.69, 9.17) is 5.73 Å². The molecule has 0 saturated carbocycles. The van der Waals surface area contributed by atoms with Gasteiger partial charge in [-0.25, -0.2) is 0 Å². The van der Waals surface area contributed by atoms with Crippen molar-refractivity contribution in [2.45, 2.75) is 26.2 Å². The van der Waals surface area contributed by atoms with Crippen LogP contribution in [0, 0.1) is 0 Å². The Balaban J connectivity index is 1.99. The number of carbonyl (C=O) groups is 1. The number of carbonyl (C=O) groups excluding carboxylic acids is 1. The van der Waals surface area contributed by atoms with Crippen molar-refractivity contribution in [1.29, 1.82) is 0 Å². The highest BCUT2D eigenvalue weighted by Crippen LogP contribution is 2.36. The van der Waals surface area contributed by atoms with E-state index in [-0.39, 0.29) is 5.91 Å². The molecule has 1 aromatic heterocycles. The molecule has 1 aromatic carbocycles. The zero-order valence-electron chi connectivity index (χ0n) is 13.1. The smallest absolute Gasteiger partial charge is 0.253 e. The van der Waals surface area contributed by atoms with Crippen LogP contribution in [0.15, 0.2) is 18.2 Å². The molecule has 0 saturated heterocycles. The molecule has 118 valence electrons. The highest BCUT2D eigenvalue weighted by molar-refractivity contribution is 6.09. The first-order chi connectivity index (χ1) is 10.8. The molecule has 0 fully saturated rings. The fourth-order valence-corrected chi connectivity index (χ4v) is 3.26. The first kappa shape index (κ1) is 14.9. The third kappa shape index (κ3) is 2.57. The van der Waals surface area contributed by atoms with E-state index in [0.29, 0.717) is 13.1 Å². The van der Waals surface area contributed by atoms with Gasteiger partial charge in [0.05, 0.1) is 16.8 Å². The minimum absolute atomic E-state index is 0.0271. The Morgan fingerprint density at radius 2 is 2.32 bits per heavy atom. The van der Waals surface area contributed by atoms with Gasteiger partial charge in [0, 0.05) is 30.7 Å². The third-order valence-electron chi connectivity index (χ3n) is 4.35. The van der Waals surface area contributed by atoms with Gasteiger partial charge < -0.3 is 20.9 Å². The van der Waals surface area contributed by atoms with E-state index in [1.807, 2.05) is 12.1 Å². The lowest BCUT2D eigenvalue weighted by atomic mass is 10.1. The van der Waals surface area contributed by atoms with E-state index in [1.54, 1.807) is 0 Å². The summed E-state index contributed by atoms with van der Waals surface area (Å²) in [5.41, 5.74) is 9.69. The number of hydrogen-bond donors (Lipinski definition) is 3. The number of rotatable bonds is 5. The van der Waals surface area contributed by atoms with Crippen molar-refractivity contribution in [2.24, 2.45) is 5.73 Å². The number of H-pyrrole nitrogens is 1. The Morgan fingerprint density at radius 3 is 3.09 bits per heavy atom. The van der Waals surface area contributed by atoms with Crippen molar-refractivity contribution in [3.63, 3.8) is 0 Å². The van der Waals surface area contributed by atoms with E-state index in [1.165, 1.54) is 11.4 Å². The maximum atomic E-state index is 12.4. The second kappa shape index (κ2) is 6.40. The van der Waals surface area contributed by atoms with Crippen LogP contribution in [0.2, 0.25) is 0 Å². The van der Waals surface area contributed by atoms with E-state index < -0.39 is 0 Å². The number of aromatic nitrogens is 1. The average Bonchev–Trinajstić information content (AvgIpc) is 2.93. The van der Waals surface area contributed by atoms with Crippen LogP contribution in [0.25, 0.3) is 10.9 Å². The molecule has 5 heteroatoms. The molecular weight excluding hydrogens is 276 g/mol. The molecule has 0 unspecified atom stereocenters. The summed E-state index contributed by atoms with van der Waals surface area (Å²) in [6.07, 6.45) is 3.01. The highest BCUT2D eigenvalue weighted by Gasteiger charge is 2.23. The van der Waals surface area contributed by atoms with Gasteiger partial charge in [0.25, 0.3) is 5.91 Å². The van der Waals surface area contributed by atoms with Gasteiger partial charge in [0.1, 0.15) is 0 Å². The topological polar surface area (TPSA) is 74.2 Å². The molecule has 0 aliphatic carbocycles. The number of aryl methyl sites for hydroxylation is 1. The fraction of sp³-hybridized carbons (Fsp3) is 0.471. The van der Waals surface area contributed by atoms with Crippen molar-refractivity contribution < 1.29 is 4.79 Å². The predicted octanol–water partition coefficient (Wildman–Crippen LogP) is 2.02. The Hall–Kier alpha value is -2.01. The molecule has 5 nitrogen and oxygen atoms in total. The lowest BCUT2D eigenvalue weighted by Gasteiger charge is -2.28. The quantitative estimate of drug-likeness (QED) is 0.740. The maximum absolute atomic E-state index is 12.4. The monoisotopic (exact) mass is 300 g/mol. The first-order valence-electron chi connectivity index (χ1n) is 8.13. The van der Waals surface area contributed by atoms with Crippen LogP contribution in [-0.4, -0.2) is 37.1 Å². The minimum Gasteiger partial charge on any atom is -0.370 e. The highest BCUT2D eigenvalue weighted by atomic mass is 16.1. The second-order valence-corrected chi connectivity index (χ2v) is 5.76. The Morgan fingerprint density at radius 1 is 1.45 bits per heavy atom. The van der Waals surface area contributed by atoms with Crippen molar-refractivity contribution in [1.82, 2.24) is 10.3 Å². The summed E-state index contributed by atoms with van der Waals surface area (Å²) in [6.45, 7) is 5.47. The summed E-state index contributed by atoms with van der Waals surface area (Å²) < 4.78 is 0. The van der Waals surface area contributed by atoms with Gasteiger partial charge in [0.15, 0.2) is 0 Å². The van der Waals surface area contributed by atoms with Crippen LogP contribution in [0.4, 0.5) is 5.69 Å². The normalized spacial score (nSPS) is 14.2. The van der Waals surface area contributed by atoms with Crippen LogP contribution in [-0.2, 0) is 6.42 Å². The number of para-hydroxylation sites is 1. The van der Waals surface area contributed by atoms with Crippen molar-refractivity contribution in [3.8, 4) is 0 Å². The number of nitrogens with one attached hydrogen (secondary N) is 2. The molecular formula is C17H24N4O. The van der Waals surface area contributed by atoms with E-state index in [0.717, 1.165) is 48.8 Å². The van der Waals surface area contributed by atoms with Gasteiger partial charge in [-0.1, -0.05) is 12.1 Å². The van der Waals surface area contributed by atoms with Crippen molar-refractivity contribution in [3.05, 3.63) is 29.5 Å². The maximum Gasteiger partial charge on any atom is 0.253 e. The Labute approximate surface area is 130 Å². The molecule has 2 aromatic rings. The standard InChI is InChI=1S/C17H24N4O/c1-2-21-11-4-8-14-16(21)12-6-3-7-13(15(12)20-14)17(22)19-10-5-9-18/h3,6-7,20H,2,4-5,8-11,18H2,1H3,(H,19,22). The Bertz CT molecular complexity index is 677. The van der Waals surface area contributed by atoms with Crippen molar-refractivity contribution >= 4 is 22.5 Å². The largest absolute Gasteiger partial charge is 0.370 e. The zero-order chi connectivity index (χ0) is 15.5. The van der Waals surface area contributed by atoms with E-state index in [9.17, 15) is 4.79 Å². The minimum atomic E-state index is -0.0271. The van der Waals surface area contributed by atoms with E-state index >= 15 is 0 Å². The summed E-state index contributed by atoms with van der Waals surface area (Å²) in [5, 5.41) is 4.10. The number of nitrogens with zero attached hydrogens (tertiary/aromatic N) is 1. The van der Waals surface area contributed by atoms with Crippen LogP contribution < -0.4 is 16.0 Å². The molecule has 0 bridgehead atoms. The summed E-state index contributed by atoms with van der Waals surface area (Å²) >= 11 is 0. The van der Waals surface area contributed by atoms with Crippen LogP contribution in [0.1, 0.15) is 35.8 Å². The number of fused-ring (bicyclic) bond motifs is 3. The van der Waals surface area contributed by atoms with Crippen molar-refractivity contribution in [2.75, 3.05) is 31.1 Å². The fourth-order valence-electron chi connectivity index (χ4n) is 3.26. The number of hydrogen-bond acceptors (Lipinski definition) is 3. The number of amides is 1. The summed E-state index contributed by atoms with van der Waals surface area (Å²) in [6, 6.07) is 5.96. The molecule has 1 aliphatic heterocycles. The molecule has 0 radical (unpaired) electrons. The second-order valence-electron chi connectivity index (χ2n) is 5.76. The van der Waals surface area contributed by atoms with Crippen LogP contribution in [0.3, 0.4) is 0 Å². The number of aromatic amines is 1. The molecule has 1 aliphatic rings. The van der Waals surface area contributed by atoms with Crippen LogP contribution >= 0.6 is 0 Å². The molecule has 4 N–H and O–H groups in total. The zero-order valence-corrected chi connectivity index (χ0v) is 13.1. The van der Waals surface area contributed by atoms with Gasteiger partial charge in [-0.15, -0.1) is 0 Å². The van der Waals surface area contributed by atoms with Gasteiger partial charge in [-0.3, -0.25) is 4.79 Å². The predicted molar refractivity (Wildman–Crippen MR) is 90.5 cm³/mol. The van der Waals surface area contributed by atoms with Gasteiger partial charge in [-0.05, 0) is 38.8 Å². The summed E-state index contributed by atoms with van der Waals surface area (Å²) in [7, 11) is 0. The number of nitrogens with two attached hydrogens (primary N) is 1. The molecule has 0 atom stereocenters. The molecule has 1 amide bonds.